The van der Waals surface area contributed by atoms with Gasteiger partial charge in [0.1, 0.15) is 0 Å². The third-order valence-electron chi connectivity index (χ3n) is 3.84. The molecular formula is C17H26N2O3. The molecule has 0 saturated carbocycles. The second-order valence-corrected chi connectivity index (χ2v) is 6.64. The average Bonchev–Trinajstić information content (AvgIpc) is 2.49. The minimum absolute atomic E-state index is 0.0556. The predicted octanol–water partition coefficient (Wildman–Crippen LogP) is 1.98. The van der Waals surface area contributed by atoms with Gasteiger partial charge in [-0.1, -0.05) is 0 Å². The van der Waals surface area contributed by atoms with Crippen LogP contribution in [0.2, 0.25) is 0 Å². The molecular weight excluding hydrogens is 280 g/mol. The molecule has 0 aliphatic carbocycles. The van der Waals surface area contributed by atoms with E-state index >= 15 is 0 Å². The molecule has 1 aromatic rings. The molecule has 2 rings (SSSR count). The maximum Gasteiger partial charge on any atom is 0.236 e. The van der Waals surface area contributed by atoms with Crippen LogP contribution in [0.25, 0.3) is 0 Å². The summed E-state index contributed by atoms with van der Waals surface area (Å²) in [5.74, 6) is 1.59. The van der Waals surface area contributed by atoms with E-state index in [0.717, 1.165) is 24.3 Å². The van der Waals surface area contributed by atoms with E-state index in [2.05, 4.69) is 26.1 Å². The number of hydrogen-bond acceptors (Lipinski definition) is 4. The van der Waals surface area contributed by atoms with Gasteiger partial charge in [-0.2, -0.15) is 0 Å². The number of fused-ring (bicyclic) bond motifs is 1. The predicted molar refractivity (Wildman–Crippen MR) is 86.4 cm³/mol. The van der Waals surface area contributed by atoms with Crippen LogP contribution in [0.15, 0.2) is 12.1 Å². The van der Waals surface area contributed by atoms with Crippen LogP contribution in [-0.4, -0.2) is 43.7 Å². The third-order valence-corrected chi connectivity index (χ3v) is 3.84. The second-order valence-electron chi connectivity index (χ2n) is 6.64. The van der Waals surface area contributed by atoms with E-state index in [9.17, 15) is 4.79 Å². The first kappa shape index (κ1) is 16.6. The first-order chi connectivity index (χ1) is 10.3. The number of rotatable bonds is 4. The Morgan fingerprint density at radius 3 is 2.32 bits per heavy atom. The van der Waals surface area contributed by atoms with Crippen molar-refractivity contribution >= 4 is 5.91 Å². The number of carbonyl (C=O) groups excluding carboxylic acids is 1. The molecule has 1 heterocycles. The maximum atomic E-state index is 12.3. The lowest BCUT2D eigenvalue weighted by atomic mass is 9.98. The Morgan fingerprint density at radius 1 is 1.18 bits per heavy atom. The van der Waals surface area contributed by atoms with Crippen molar-refractivity contribution in [2.24, 2.45) is 0 Å². The number of hydrogen-bond donors (Lipinski definition) is 1. The quantitative estimate of drug-likeness (QED) is 0.924. The summed E-state index contributed by atoms with van der Waals surface area (Å²) in [7, 11) is 3.27. The number of ether oxygens (including phenoxy) is 2. The minimum atomic E-state index is -0.0556. The Morgan fingerprint density at radius 2 is 1.77 bits per heavy atom. The average molecular weight is 306 g/mol. The van der Waals surface area contributed by atoms with Gasteiger partial charge in [-0.3, -0.25) is 4.79 Å². The summed E-state index contributed by atoms with van der Waals surface area (Å²) < 4.78 is 10.7. The van der Waals surface area contributed by atoms with Crippen molar-refractivity contribution in [1.29, 1.82) is 0 Å². The first-order valence-corrected chi connectivity index (χ1v) is 7.60. The lowest BCUT2D eigenvalue weighted by molar-refractivity contribution is -0.131. The Bertz CT molecular complexity index is 550. The van der Waals surface area contributed by atoms with Gasteiger partial charge in [0.25, 0.3) is 0 Å². The zero-order chi connectivity index (χ0) is 16.3. The van der Waals surface area contributed by atoms with E-state index in [1.807, 2.05) is 17.0 Å². The number of amides is 1. The number of methoxy groups -OCH3 is 2. The molecule has 0 atom stereocenters. The van der Waals surface area contributed by atoms with Gasteiger partial charge in [0, 0.05) is 18.6 Å². The molecule has 1 aromatic carbocycles. The van der Waals surface area contributed by atoms with Crippen molar-refractivity contribution in [1.82, 2.24) is 10.2 Å². The molecule has 1 N–H and O–H groups in total. The molecule has 5 heteroatoms. The molecule has 0 saturated heterocycles. The highest BCUT2D eigenvalue weighted by atomic mass is 16.5. The number of nitrogens with one attached hydrogen (secondary N) is 1. The molecule has 122 valence electrons. The fourth-order valence-electron chi connectivity index (χ4n) is 2.55. The van der Waals surface area contributed by atoms with E-state index in [1.165, 1.54) is 5.56 Å². The summed E-state index contributed by atoms with van der Waals surface area (Å²) in [4.78, 5) is 14.2. The topological polar surface area (TPSA) is 50.8 Å². The van der Waals surface area contributed by atoms with E-state index in [-0.39, 0.29) is 11.4 Å². The summed E-state index contributed by atoms with van der Waals surface area (Å²) in [5.41, 5.74) is 2.30. The van der Waals surface area contributed by atoms with Crippen molar-refractivity contribution in [3.63, 3.8) is 0 Å². The minimum Gasteiger partial charge on any atom is -0.493 e. The molecule has 0 unspecified atom stereocenters. The second kappa shape index (κ2) is 6.57. The molecule has 0 aromatic heterocycles. The molecule has 0 radical (unpaired) electrons. The summed E-state index contributed by atoms with van der Waals surface area (Å²) in [6.45, 7) is 7.91. The van der Waals surface area contributed by atoms with E-state index < -0.39 is 0 Å². The van der Waals surface area contributed by atoms with Gasteiger partial charge >= 0.3 is 0 Å². The summed E-state index contributed by atoms with van der Waals surface area (Å²) >= 11 is 0. The van der Waals surface area contributed by atoms with Crippen LogP contribution in [0.1, 0.15) is 31.9 Å². The monoisotopic (exact) mass is 306 g/mol. The van der Waals surface area contributed by atoms with Crippen molar-refractivity contribution in [3.8, 4) is 11.5 Å². The lowest BCUT2D eigenvalue weighted by Crippen LogP contribution is -2.46. The Kier molecular flexibility index (Phi) is 4.96. The highest BCUT2D eigenvalue weighted by molar-refractivity contribution is 5.78. The zero-order valence-electron chi connectivity index (χ0n) is 14.2. The van der Waals surface area contributed by atoms with E-state index in [4.69, 9.17) is 9.47 Å². The zero-order valence-corrected chi connectivity index (χ0v) is 14.2. The van der Waals surface area contributed by atoms with Gasteiger partial charge < -0.3 is 19.7 Å². The van der Waals surface area contributed by atoms with Crippen molar-refractivity contribution in [2.75, 3.05) is 27.3 Å². The number of carbonyl (C=O) groups is 1. The summed E-state index contributed by atoms with van der Waals surface area (Å²) in [6.07, 6.45) is 0.844. The normalized spacial score (nSPS) is 14.5. The fourth-order valence-corrected chi connectivity index (χ4v) is 2.55. The van der Waals surface area contributed by atoms with E-state index in [1.54, 1.807) is 14.2 Å². The van der Waals surface area contributed by atoms with Gasteiger partial charge in [0.15, 0.2) is 11.5 Å². The third kappa shape index (κ3) is 3.91. The standard InChI is InChI=1S/C17H26N2O3/c1-17(2,3)18-10-16(20)19-7-6-12-8-14(21-4)15(22-5)9-13(12)11-19/h8-9,18H,6-7,10-11H2,1-5H3. The van der Waals surface area contributed by atoms with Crippen molar-refractivity contribution in [3.05, 3.63) is 23.3 Å². The Hall–Kier alpha value is -1.75. The fraction of sp³-hybridized carbons (Fsp3) is 0.588. The van der Waals surface area contributed by atoms with Crippen molar-refractivity contribution in [2.45, 2.75) is 39.3 Å². The van der Waals surface area contributed by atoms with Gasteiger partial charge in [0.2, 0.25) is 5.91 Å². The molecule has 5 nitrogen and oxygen atoms in total. The van der Waals surface area contributed by atoms with Gasteiger partial charge in [-0.05, 0) is 50.5 Å². The number of benzene rings is 1. The van der Waals surface area contributed by atoms with Crippen LogP contribution in [0.3, 0.4) is 0 Å². The van der Waals surface area contributed by atoms with Gasteiger partial charge in [-0.25, -0.2) is 0 Å². The molecule has 0 spiro atoms. The molecule has 1 amide bonds. The van der Waals surface area contributed by atoms with Crippen LogP contribution in [0.5, 0.6) is 11.5 Å². The smallest absolute Gasteiger partial charge is 0.236 e. The molecule has 0 bridgehead atoms. The molecule has 1 aliphatic heterocycles. The molecule has 1 aliphatic rings. The highest BCUT2D eigenvalue weighted by Crippen LogP contribution is 2.33. The SMILES string of the molecule is COc1cc2c(cc1OC)CN(C(=O)CNC(C)(C)C)CC2. The van der Waals surface area contributed by atoms with E-state index in [0.29, 0.717) is 18.8 Å². The van der Waals surface area contributed by atoms with Crippen LogP contribution < -0.4 is 14.8 Å². The Balaban J connectivity index is 2.09. The molecule has 0 fully saturated rings. The lowest BCUT2D eigenvalue weighted by Gasteiger charge is -2.31. The summed E-state index contributed by atoms with van der Waals surface area (Å²) in [5, 5.41) is 3.25. The van der Waals surface area contributed by atoms with Crippen LogP contribution >= 0.6 is 0 Å². The van der Waals surface area contributed by atoms with Gasteiger partial charge in [-0.15, -0.1) is 0 Å². The maximum absolute atomic E-state index is 12.3. The van der Waals surface area contributed by atoms with Crippen molar-refractivity contribution < 1.29 is 14.3 Å². The van der Waals surface area contributed by atoms with Crippen LogP contribution in [-0.2, 0) is 17.8 Å². The largest absolute Gasteiger partial charge is 0.493 e. The van der Waals surface area contributed by atoms with Crippen LogP contribution in [0, 0.1) is 0 Å². The Labute approximate surface area is 132 Å². The van der Waals surface area contributed by atoms with Gasteiger partial charge in [0.05, 0.1) is 20.8 Å². The first-order valence-electron chi connectivity index (χ1n) is 7.60. The summed E-state index contributed by atoms with van der Waals surface area (Å²) in [6, 6.07) is 3.99. The molecule has 22 heavy (non-hydrogen) atoms. The van der Waals surface area contributed by atoms with Crippen LogP contribution in [0.4, 0.5) is 0 Å². The highest BCUT2D eigenvalue weighted by Gasteiger charge is 2.23. The number of nitrogens with zero attached hydrogens (tertiary/aromatic N) is 1.